The van der Waals surface area contributed by atoms with Crippen LogP contribution in [0, 0.1) is 17.8 Å². The lowest BCUT2D eigenvalue weighted by Crippen LogP contribution is -2.66. The first-order chi connectivity index (χ1) is 53.9. The summed E-state index contributed by atoms with van der Waals surface area (Å²) in [7, 11) is -3.21. The summed E-state index contributed by atoms with van der Waals surface area (Å²) in [6.07, 6.45) is 19.3. The molecule has 0 aliphatic heterocycles. The van der Waals surface area contributed by atoms with Gasteiger partial charge < -0.3 is 22.8 Å². The monoisotopic (exact) mass is 1440 g/mol. The van der Waals surface area contributed by atoms with Gasteiger partial charge in [-0.15, -0.1) is 4.68 Å². The molecule has 21 rings (SSSR count). The van der Waals surface area contributed by atoms with Crippen molar-refractivity contribution in [2.45, 2.75) is 67.4 Å². The van der Waals surface area contributed by atoms with E-state index < -0.39 is 8.07 Å². The average Bonchev–Trinajstić information content (AvgIpc) is 1.58. The van der Waals surface area contributed by atoms with E-state index in [0.717, 1.165) is 86.3 Å². The number of para-hydroxylation sites is 3. The zero-order chi connectivity index (χ0) is 73.8. The van der Waals surface area contributed by atoms with Crippen LogP contribution in [0.5, 0.6) is 0 Å². The lowest BCUT2D eigenvalue weighted by atomic mass is 10.0. The molecule has 10 nitrogen and oxygen atoms in total. The second-order valence-electron chi connectivity index (χ2n) is 31.9. The zero-order valence-electron chi connectivity index (χ0n) is 62.8. The molecule has 0 unspecified atom stereocenters. The number of fused-ring (bicyclic) bond motifs is 18. The molecule has 110 heavy (non-hydrogen) atoms. The minimum atomic E-state index is -3.21. The van der Waals surface area contributed by atoms with Crippen LogP contribution in [-0.2, 0) is 19.3 Å². The molecule has 21 aromatic rings. The number of nitrogens with zero attached hydrogens (tertiary/aromatic N) is 10. The van der Waals surface area contributed by atoms with Gasteiger partial charge in [-0.1, -0.05) is 156 Å². The molecular formula is C99H81N10Si+. The van der Waals surface area contributed by atoms with Crippen LogP contribution in [0.3, 0.4) is 0 Å². The first kappa shape index (κ1) is 65.3. The molecule has 0 N–H and O–H groups in total. The van der Waals surface area contributed by atoms with Gasteiger partial charge in [0.1, 0.15) is 11.0 Å². The van der Waals surface area contributed by atoms with Crippen LogP contribution < -0.4 is 20.2 Å². The standard InChI is InChI=1S/C99H81N10Si/c1-62(2)44-65-34-37-90-79(47-65)85-55-94-82(52-96(85)106(90)70-22-16-40-100-58-70)76-28-8-11-31-88(76)104(94)68-20-14-25-73(50-68)110(7,74-26-15-21-69(51-74)105-89-32-12-9-29-77(89)83-53-97-86(56-95(83)105)80-48-66(45-63(3)4)35-38-91(80)107(97)71-23-17-41-101-59-71)75-27-19-43-103(61-75)109-93-33-13-10-30-78(93)84-54-98-87(57-99(84)109)81-49-67(46-64(5)6)36-39-92(81)108(98)72-24-18-42-102-60-72/h8-43,47-64H,44-46H2,1-7H3/q+1. The molecule has 11 aromatic carbocycles. The van der Waals surface area contributed by atoms with Crippen LogP contribution in [0.4, 0.5) is 0 Å². The third-order valence-electron chi connectivity index (χ3n) is 23.4. The van der Waals surface area contributed by atoms with E-state index in [1.807, 2.05) is 55.4 Å². The van der Waals surface area contributed by atoms with Gasteiger partial charge in [-0.3, -0.25) is 15.0 Å². The van der Waals surface area contributed by atoms with Crippen molar-refractivity contribution in [3.8, 4) is 28.4 Å². The van der Waals surface area contributed by atoms with Gasteiger partial charge >= 0.3 is 0 Å². The number of pyridine rings is 4. The zero-order valence-corrected chi connectivity index (χ0v) is 63.8. The second kappa shape index (κ2) is 25.3. The van der Waals surface area contributed by atoms with Crippen molar-refractivity contribution < 1.29 is 4.68 Å². The summed E-state index contributed by atoms with van der Waals surface area (Å²) in [6, 6.07) is 99.6. The molecule has 0 fully saturated rings. The van der Waals surface area contributed by atoms with Crippen molar-refractivity contribution in [2.24, 2.45) is 17.8 Å². The van der Waals surface area contributed by atoms with Crippen molar-refractivity contribution in [1.29, 1.82) is 0 Å². The minimum absolute atomic E-state index is 0.514. The second-order valence-corrected chi connectivity index (χ2v) is 35.9. The third-order valence-corrected chi connectivity index (χ3v) is 27.8. The van der Waals surface area contributed by atoms with E-state index in [1.54, 1.807) is 0 Å². The number of hydrogen-bond donors (Lipinski definition) is 0. The third kappa shape index (κ3) is 10.2. The van der Waals surface area contributed by atoms with Crippen LogP contribution in [-0.4, -0.2) is 50.5 Å². The van der Waals surface area contributed by atoms with E-state index >= 15 is 0 Å². The Kier molecular flexibility index (Phi) is 15.0. The summed E-state index contributed by atoms with van der Waals surface area (Å²) in [5, 5.41) is 18.4. The van der Waals surface area contributed by atoms with E-state index in [-0.39, 0.29) is 0 Å². The molecule has 10 heterocycles. The first-order valence-electron chi connectivity index (χ1n) is 38.8. The maximum atomic E-state index is 4.67. The highest BCUT2D eigenvalue weighted by Crippen LogP contribution is 2.44. The molecule has 0 amide bonds. The van der Waals surface area contributed by atoms with Crippen molar-refractivity contribution in [1.82, 2.24) is 42.5 Å². The largest absolute Gasteiger partial charge is 0.309 e. The summed E-state index contributed by atoms with van der Waals surface area (Å²) >= 11 is 0. The Labute approximate surface area is 638 Å². The summed E-state index contributed by atoms with van der Waals surface area (Å²) in [5.41, 5.74) is 23.3. The predicted molar refractivity (Wildman–Crippen MR) is 461 cm³/mol. The fourth-order valence-electron chi connectivity index (χ4n) is 18.8. The Morgan fingerprint density at radius 1 is 0.273 bits per heavy atom. The Bertz CT molecular complexity index is 6620. The van der Waals surface area contributed by atoms with E-state index in [1.165, 1.54) is 124 Å². The fraction of sp³-hybridized carbons (Fsp3) is 0.131. The molecular weight excluding hydrogens is 1360 g/mol. The topological polar surface area (TPSA) is 72.1 Å². The van der Waals surface area contributed by atoms with E-state index in [0.29, 0.717) is 17.8 Å². The molecule has 0 aliphatic carbocycles. The molecule has 530 valence electrons. The summed E-state index contributed by atoms with van der Waals surface area (Å²) in [4.78, 5) is 14.0. The van der Waals surface area contributed by atoms with Gasteiger partial charge in [0.15, 0.2) is 8.07 Å². The molecule has 0 atom stereocenters. The Balaban J connectivity index is 0.807. The number of aromatic nitrogens is 10. The molecule has 0 spiro atoms. The fourth-order valence-corrected chi connectivity index (χ4v) is 22.3. The lowest BCUT2D eigenvalue weighted by molar-refractivity contribution is -0.720. The van der Waals surface area contributed by atoms with E-state index in [9.17, 15) is 0 Å². The van der Waals surface area contributed by atoms with Crippen LogP contribution in [0.25, 0.3) is 159 Å². The van der Waals surface area contributed by atoms with E-state index in [4.69, 9.17) is 0 Å². The molecule has 0 aliphatic rings. The van der Waals surface area contributed by atoms with Gasteiger partial charge in [0.25, 0.3) is 0 Å². The maximum absolute atomic E-state index is 4.67. The molecule has 0 saturated heterocycles. The quantitative estimate of drug-likeness (QED) is 0.0758. The predicted octanol–water partition coefficient (Wildman–Crippen LogP) is 21.8. The highest BCUT2D eigenvalue weighted by atomic mass is 28.3. The maximum Gasteiger partial charge on any atom is 0.200 e. The smallest absolute Gasteiger partial charge is 0.200 e. The summed E-state index contributed by atoms with van der Waals surface area (Å²) in [6.45, 7) is 16.5. The van der Waals surface area contributed by atoms with Gasteiger partial charge in [-0.05, 0) is 216 Å². The molecule has 0 saturated carbocycles. The molecule has 10 aromatic heterocycles. The van der Waals surface area contributed by atoms with Crippen LogP contribution in [0.2, 0.25) is 6.55 Å². The van der Waals surface area contributed by atoms with Crippen molar-refractivity contribution in [3.63, 3.8) is 0 Å². The van der Waals surface area contributed by atoms with Gasteiger partial charge in [-0.2, -0.15) is 0 Å². The van der Waals surface area contributed by atoms with E-state index in [2.05, 4.69) is 350 Å². The number of benzene rings is 11. The Morgan fingerprint density at radius 2 is 0.591 bits per heavy atom. The Hall–Kier alpha value is -13.0. The van der Waals surface area contributed by atoms with Gasteiger partial charge in [0.2, 0.25) is 12.4 Å². The van der Waals surface area contributed by atoms with Crippen molar-refractivity contribution >= 4 is 154 Å². The van der Waals surface area contributed by atoms with Gasteiger partial charge in [0, 0.05) is 106 Å². The molecule has 0 bridgehead atoms. The Morgan fingerprint density at radius 3 is 0.982 bits per heavy atom. The van der Waals surface area contributed by atoms with Crippen LogP contribution in [0.15, 0.2) is 310 Å². The first-order valence-corrected chi connectivity index (χ1v) is 41.3. The van der Waals surface area contributed by atoms with Crippen molar-refractivity contribution in [2.75, 3.05) is 0 Å². The summed E-state index contributed by atoms with van der Waals surface area (Å²) in [5.74, 6) is 1.55. The van der Waals surface area contributed by atoms with Crippen LogP contribution >= 0.6 is 0 Å². The molecule has 0 radical (unpaired) electrons. The normalized spacial score (nSPS) is 12.5. The van der Waals surface area contributed by atoms with Crippen LogP contribution in [0.1, 0.15) is 58.2 Å². The SMILES string of the molecule is CC(C)Cc1ccc2c(c1)c1cc3c(cc1n2-c1cccnc1)c1ccccc1n3-c1cccc([Si](C)(c2cccc(-n3c4ccccc4c4cc5c(cc43)c3cc(CC(C)C)ccc3n5-c3cccnc3)c2)c2ccc[n+](-n3c4ccccc4c4cc5c(cc43)c3cc(CC(C)C)ccc3n5-c3cccnc3)c2)c1. The van der Waals surface area contributed by atoms with Gasteiger partial charge in [-0.25, -0.2) is 0 Å². The summed E-state index contributed by atoms with van der Waals surface area (Å²) < 4.78 is 17.2. The average molecular weight is 1440 g/mol. The highest BCUT2D eigenvalue weighted by Gasteiger charge is 2.38. The number of hydrogen-bond acceptors (Lipinski definition) is 3. The van der Waals surface area contributed by atoms with Gasteiger partial charge in [0.05, 0.1) is 90.8 Å². The molecule has 11 heteroatoms. The van der Waals surface area contributed by atoms with Crippen molar-refractivity contribution in [3.05, 3.63) is 327 Å². The highest BCUT2D eigenvalue weighted by molar-refractivity contribution is 7.10. The lowest BCUT2D eigenvalue weighted by Gasteiger charge is -2.29. The minimum Gasteiger partial charge on any atom is -0.309 e. The number of rotatable bonds is 15.